The number of rotatable bonds is 2. The quantitative estimate of drug-likeness (QED) is 0.535. The lowest BCUT2D eigenvalue weighted by Crippen LogP contribution is -2.18. The number of hydrogen-bond acceptors (Lipinski definition) is 3. The second kappa shape index (κ2) is 3.47. The predicted octanol–water partition coefficient (Wildman–Crippen LogP) is 0.747. The maximum atomic E-state index is 10.8. The van der Waals surface area contributed by atoms with Crippen LogP contribution in [0.3, 0.4) is 0 Å². The van der Waals surface area contributed by atoms with Crippen molar-refractivity contribution in [3.05, 3.63) is 29.3 Å². The minimum atomic E-state index is -0.622. The van der Waals surface area contributed by atoms with Crippen LogP contribution >= 0.6 is 0 Å². The summed E-state index contributed by atoms with van der Waals surface area (Å²) in [6.45, 7) is 1.84. The Hall–Kier alpha value is -1.51. The normalized spacial score (nSPS) is 9.77. The molecule has 0 aliphatic rings. The molecule has 0 heterocycles. The third-order valence-electron chi connectivity index (χ3n) is 1.97. The highest BCUT2D eigenvalue weighted by Gasteiger charge is 2.00. The fraction of sp³-hybridized carbons (Fsp3) is 0.300. The van der Waals surface area contributed by atoms with E-state index in [4.69, 9.17) is 5.41 Å². The molecule has 0 radical (unpaired) electrons. The summed E-state index contributed by atoms with van der Waals surface area (Å²) in [6.07, 6.45) is 0. The van der Waals surface area contributed by atoms with Crippen molar-refractivity contribution in [2.24, 2.45) is 0 Å². The molecule has 1 aromatic carbocycles. The summed E-state index contributed by atoms with van der Waals surface area (Å²) in [5.74, 6) is -0.622. The van der Waals surface area contributed by atoms with Crippen LogP contribution in [0.1, 0.15) is 11.1 Å². The largest absolute Gasteiger partial charge is 0.859 e. The molecule has 0 aliphatic heterocycles. The number of hydrogen-bond donors (Lipinski definition) is 1. The summed E-state index contributed by atoms with van der Waals surface area (Å²) in [7, 11) is 3.88. The van der Waals surface area contributed by atoms with E-state index in [1.165, 1.54) is 0 Å². The Labute approximate surface area is 78.1 Å². The lowest BCUT2D eigenvalue weighted by atomic mass is 10.1. The third-order valence-corrected chi connectivity index (χ3v) is 1.97. The average molecular weight is 177 g/mol. The third kappa shape index (κ3) is 1.99. The zero-order valence-corrected chi connectivity index (χ0v) is 8.09. The monoisotopic (exact) mass is 177 g/mol. The van der Waals surface area contributed by atoms with E-state index < -0.39 is 5.90 Å². The molecule has 0 unspecified atom stereocenters. The molecule has 3 heteroatoms. The minimum absolute atomic E-state index is 0.477. The van der Waals surface area contributed by atoms with Crippen molar-refractivity contribution in [2.45, 2.75) is 6.92 Å². The van der Waals surface area contributed by atoms with Crippen molar-refractivity contribution in [1.82, 2.24) is 0 Å². The topological polar surface area (TPSA) is 50.2 Å². The molecular formula is C10H13N2O-. The lowest BCUT2D eigenvalue weighted by molar-refractivity contribution is -0.214. The van der Waals surface area contributed by atoms with Gasteiger partial charge in [-0.2, -0.15) is 0 Å². The molecule has 0 spiro atoms. The van der Waals surface area contributed by atoms with Gasteiger partial charge in [-0.05, 0) is 36.1 Å². The maximum absolute atomic E-state index is 10.8. The number of anilines is 1. The van der Waals surface area contributed by atoms with Crippen molar-refractivity contribution in [2.75, 3.05) is 19.0 Å². The fourth-order valence-corrected chi connectivity index (χ4v) is 1.18. The molecule has 70 valence electrons. The van der Waals surface area contributed by atoms with Crippen LogP contribution in [0.25, 0.3) is 0 Å². The Bertz CT molecular complexity index is 332. The van der Waals surface area contributed by atoms with Crippen LogP contribution < -0.4 is 10.0 Å². The SMILES string of the molecule is Cc1cc(N(C)C)ccc1C(=N)[O-]. The second-order valence-corrected chi connectivity index (χ2v) is 3.22. The summed E-state index contributed by atoms with van der Waals surface area (Å²) in [5, 5.41) is 17.8. The highest BCUT2D eigenvalue weighted by atomic mass is 16.3. The van der Waals surface area contributed by atoms with E-state index in [0.29, 0.717) is 5.56 Å². The molecule has 3 nitrogen and oxygen atoms in total. The van der Waals surface area contributed by atoms with Crippen LogP contribution in [0.5, 0.6) is 0 Å². The van der Waals surface area contributed by atoms with Crippen molar-refractivity contribution < 1.29 is 5.11 Å². The molecule has 0 aromatic heterocycles. The van der Waals surface area contributed by atoms with Gasteiger partial charge in [0.1, 0.15) is 0 Å². The van der Waals surface area contributed by atoms with Crippen molar-refractivity contribution in [1.29, 1.82) is 5.41 Å². The van der Waals surface area contributed by atoms with Crippen LogP contribution in [0.2, 0.25) is 0 Å². The molecular weight excluding hydrogens is 164 g/mol. The molecule has 0 aliphatic carbocycles. The zero-order valence-electron chi connectivity index (χ0n) is 8.09. The summed E-state index contributed by atoms with van der Waals surface area (Å²) >= 11 is 0. The van der Waals surface area contributed by atoms with Gasteiger partial charge < -0.3 is 15.4 Å². The zero-order chi connectivity index (χ0) is 10.0. The van der Waals surface area contributed by atoms with Gasteiger partial charge in [0.15, 0.2) is 0 Å². The first-order valence-electron chi connectivity index (χ1n) is 4.06. The molecule has 0 saturated heterocycles. The first-order chi connectivity index (χ1) is 6.02. The summed E-state index contributed by atoms with van der Waals surface area (Å²) < 4.78 is 0. The highest BCUT2D eigenvalue weighted by molar-refractivity contribution is 5.90. The van der Waals surface area contributed by atoms with E-state index in [2.05, 4.69) is 0 Å². The van der Waals surface area contributed by atoms with Gasteiger partial charge in [0.05, 0.1) is 0 Å². The first kappa shape index (κ1) is 9.58. The molecule has 1 N–H and O–H groups in total. The van der Waals surface area contributed by atoms with Crippen molar-refractivity contribution in [3.63, 3.8) is 0 Å². The molecule has 1 aromatic rings. The Morgan fingerprint density at radius 1 is 1.38 bits per heavy atom. The maximum Gasteiger partial charge on any atom is 0.0364 e. The van der Waals surface area contributed by atoms with Crippen molar-refractivity contribution in [3.8, 4) is 0 Å². The number of nitrogens with zero attached hydrogens (tertiary/aromatic N) is 1. The molecule has 0 atom stereocenters. The lowest BCUT2D eigenvalue weighted by Gasteiger charge is -2.16. The first-order valence-corrected chi connectivity index (χ1v) is 4.06. The molecule has 13 heavy (non-hydrogen) atoms. The number of nitrogens with one attached hydrogen (secondary N) is 1. The molecule has 1 rings (SSSR count). The van der Waals surface area contributed by atoms with E-state index in [-0.39, 0.29) is 0 Å². The summed E-state index contributed by atoms with van der Waals surface area (Å²) in [6, 6.07) is 5.44. The average Bonchev–Trinajstić information content (AvgIpc) is 2.03. The van der Waals surface area contributed by atoms with Crippen molar-refractivity contribution >= 4 is 11.6 Å². The summed E-state index contributed by atoms with van der Waals surface area (Å²) in [4.78, 5) is 1.96. The molecule has 0 bridgehead atoms. The smallest absolute Gasteiger partial charge is 0.0364 e. The van der Waals surface area contributed by atoms with Crippen LogP contribution in [-0.4, -0.2) is 20.0 Å². The van der Waals surface area contributed by atoms with Crippen LogP contribution in [-0.2, 0) is 0 Å². The Morgan fingerprint density at radius 2 is 2.00 bits per heavy atom. The van der Waals surface area contributed by atoms with Crippen LogP contribution in [0.15, 0.2) is 18.2 Å². The van der Waals surface area contributed by atoms with Gasteiger partial charge in [0.25, 0.3) is 0 Å². The van der Waals surface area contributed by atoms with E-state index in [1.54, 1.807) is 6.07 Å². The van der Waals surface area contributed by atoms with Gasteiger partial charge in [0, 0.05) is 19.8 Å². The molecule has 0 amide bonds. The fourth-order valence-electron chi connectivity index (χ4n) is 1.18. The Morgan fingerprint density at radius 3 is 2.38 bits per heavy atom. The van der Waals surface area contributed by atoms with Gasteiger partial charge in [-0.3, -0.25) is 0 Å². The number of benzene rings is 1. The van der Waals surface area contributed by atoms with E-state index >= 15 is 0 Å². The Balaban J connectivity index is 3.13. The van der Waals surface area contributed by atoms with Gasteiger partial charge in [-0.25, -0.2) is 0 Å². The van der Waals surface area contributed by atoms with E-state index in [9.17, 15) is 5.11 Å². The van der Waals surface area contributed by atoms with Gasteiger partial charge >= 0.3 is 0 Å². The highest BCUT2D eigenvalue weighted by Crippen LogP contribution is 2.16. The molecule has 0 saturated carbocycles. The van der Waals surface area contributed by atoms with Gasteiger partial charge in [-0.1, -0.05) is 6.07 Å². The van der Waals surface area contributed by atoms with Crippen LogP contribution in [0, 0.1) is 12.3 Å². The van der Waals surface area contributed by atoms with Gasteiger partial charge in [-0.15, -0.1) is 0 Å². The predicted molar refractivity (Wildman–Crippen MR) is 52.3 cm³/mol. The van der Waals surface area contributed by atoms with E-state index in [0.717, 1.165) is 11.3 Å². The standard InChI is InChI=1S/C10H14N2O/c1-7-6-8(12(2)3)4-5-9(7)10(11)13/h4-6H,1-3H3,(H2,11,13)/p-1. The van der Waals surface area contributed by atoms with E-state index in [1.807, 2.05) is 38.1 Å². The second-order valence-electron chi connectivity index (χ2n) is 3.22. The summed E-state index contributed by atoms with van der Waals surface area (Å²) in [5.41, 5.74) is 2.37. The van der Waals surface area contributed by atoms with Crippen LogP contribution in [0.4, 0.5) is 5.69 Å². The Kier molecular flexibility index (Phi) is 2.56. The molecule has 0 fully saturated rings. The number of aryl methyl sites for hydroxylation is 1. The van der Waals surface area contributed by atoms with Gasteiger partial charge in [0.2, 0.25) is 0 Å². The minimum Gasteiger partial charge on any atom is -0.859 e.